The second-order valence-electron chi connectivity index (χ2n) is 10.2. The van der Waals surface area contributed by atoms with Crippen molar-refractivity contribution in [1.29, 1.82) is 0 Å². The molecule has 1 aliphatic rings. The molecule has 6 heteroatoms. The Kier molecular flexibility index (Phi) is 10.4. The van der Waals surface area contributed by atoms with Gasteiger partial charge in [-0.25, -0.2) is 4.39 Å². The molecule has 0 aliphatic heterocycles. The van der Waals surface area contributed by atoms with Crippen LogP contribution in [0.1, 0.15) is 54.4 Å². The van der Waals surface area contributed by atoms with E-state index in [1.807, 2.05) is 36.4 Å². The van der Waals surface area contributed by atoms with E-state index in [9.17, 15) is 14.0 Å². The molecule has 1 atom stereocenters. The van der Waals surface area contributed by atoms with Gasteiger partial charge in [-0.2, -0.15) is 0 Å². The number of hydrogen-bond acceptors (Lipinski definition) is 3. The summed E-state index contributed by atoms with van der Waals surface area (Å²) in [5.74, 6) is 0.454. The van der Waals surface area contributed by atoms with Crippen LogP contribution >= 0.6 is 11.8 Å². The predicted molar refractivity (Wildman–Crippen MR) is 153 cm³/mol. The van der Waals surface area contributed by atoms with Crippen LogP contribution in [0.5, 0.6) is 0 Å². The number of aryl methyl sites for hydroxylation is 1. The summed E-state index contributed by atoms with van der Waals surface area (Å²) in [6.45, 7) is 2.31. The van der Waals surface area contributed by atoms with Crippen LogP contribution in [0.2, 0.25) is 0 Å². The number of thioether (sulfide) groups is 1. The van der Waals surface area contributed by atoms with Gasteiger partial charge in [0.2, 0.25) is 11.8 Å². The molecule has 1 fully saturated rings. The van der Waals surface area contributed by atoms with Crippen molar-refractivity contribution >= 4 is 23.6 Å². The number of nitrogens with zero attached hydrogens (tertiary/aromatic N) is 1. The normalized spacial score (nSPS) is 14.6. The van der Waals surface area contributed by atoms with Gasteiger partial charge in [0.1, 0.15) is 11.9 Å². The SMILES string of the molecule is Cc1cccc(CSCC(=O)N(Cc2ccc(F)cc2)[C@H](Cc2ccccc2)C(=O)NC2CCCCC2)c1. The minimum atomic E-state index is -0.656. The predicted octanol–water partition coefficient (Wildman–Crippen LogP) is 6.46. The topological polar surface area (TPSA) is 49.4 Å². The number of carbonyl (C=O) groups is 2. The molecule has 0 aromatic heterocycles. The van der Waals surface area contributed by atoms with Crippen LogP contribution in [0.15, 0.2) is 78.9 Å². The Morgan fingerprint density at radius 1 is 0.921 bits per heavy atom. The highest BCUT2D eigenvalue weighted by atomic mass is 32.2. The smallest absolute Gasteiger partial charge is 0.243 e. The van der Waals surface area contributed by atoms with E-state index in [4.69, 9.17) is 0 Å². The molecule has 0 bridgehead atoms. The Morgan fingerprint density at radius 2 is 1.63 bits per heavy atom. The van der Waals surface area contributed by atoms with E-state index < -0.39 is 6.04 Å². The second kappa shape index (κ2) is 14.1. The zero-order valence-electron chi connectivity index (χ0n) is 22.1. The van der Waals surface area contributed by atoms with E-state index in [1.165, 1.54) is 29.7 Å². The molecule has 1 aliphatic carbocycles. The first kappa shape index (κ1) is 27.9. The fourth-order valence-electron chi connectivity index (χ4n) is 5.03. The molecule has 0 unspecified atom stereocenters. The monoisotopic (exact) mass is 532 g/mol. The van der Waals surface area contributed by atoms with E-state index in [0.29, 0.717) is 6.42 Å². The molecule has 1 saturated carbocycles. The zero-order chi connectivity index (χ0) is 26.7. The molecular weight excluding hydrogens is 495 g/mol. The van der Waals surface area contributed by atoms with Gasteiger partial charge >= 0.3 is 0 Å². The third-order valence-electron chi connectivity index (χ3n) is 7.07. The molecule has 1 N–H and O–H groups in total. The molecule has 3 aromatic rings. The molecule has 0 radical (unpaired) electrons. The first-order valence-corrected chi connectivity index (χ1v) is 14.6. The molecule has 0 spiro atoms. The summed E-state index contributed by atoms with van der Waals surface area (Å²) in [6, 6.07) is 23.8. The Bertz CT molecular complexity index is 1180. The standard InChI is InChI=1S/C32H37FN2O2S/c1-24-9-8-12-27(19-24)22-38-23-31(36)35(21-26-15-17-28(33)18-16-26)30(20-25-10-4-2-5-11-25)32(37)34-29-13-6-3-7-14-29/h2,4-5,8-12,15-19,29-30H,3,6-7,13-14,20-23H2,1H3,(H,34,37)/t30-/m1/s1. The van der Waals surface area contributed by atoms with Crippen LogP contribution in [0, 0.1) is 12.7 Å². The molecule has 4 nitrogen and oxygen atoms in total. The van der Waals surface area contributed by atoms with Gasteiger partial charge in [0.15, 0.2) is 0 Å². The van der Waals surface area contributed by atoms with E-state index in [-0.39, 0.29) is 36.0 Å². The molecule has 0 heterocycles. The fourth-order valence-corrected chi connectivity index (χ4v) is 5.88. The Balaban J connectivity index is 1.56. The van der Waals surface area contributed by atoms with Gasteiger partial charge in [-0.15, -0.1) is 11.8 Å². The van der Waals surface area contributed by atoms with E-state index in [1.54, 1.807) is 28.8 Å². The maximum Gasteiger partial charge on any atom is 0.243 e. The summed E-state index contributed by atoms with van der Waals surface area (Å²) in [6.07, 6.45) is 5.80. The summed E-state index contributed by atoms with van der Waals surface area (Å²) >= 11 is 1.55. The van der Waals surface area contributed by atoms with Crippen molar-refractivity contribution in [2.24, 2.45) is 0 Å². The minimum Gasteiger partial charge on any atom is -0.352 e. The number of amides is 2. The number of nitrogens with one attached hydrogen (secondary N) is 1. The van der Waals surface area contributed by atoms with Crippen LogP contribution in [0.25, 0.3) is 0 Å². The lowest BCUT2D eigenvalue weighted by Gasteiger charge is -2.33. The van der Waals surface area contributed by atoms with Crippen molar-refractivity contribution in [3.63, 3.8) is 0 Å². The maximum absolute atomic E-state index is 13.8. The minimum absolute atomic E-state index is 0.0910. The average molecular weight is 533 g/mol. The average Bonchev–Trinajstić information content (AvgIpc) is 2.93. The highest BCUT2D eigenvalue weighted by Gasteiger charge is 2.31. The molecule has 200 valence electrons. The van der Waals surface area contributed by atoms with Crippen molar-refractivity contribution in [3.05, 3.63) is 107 Å². The van der Waals surface area contributed by atoms with Gasteiger partial charge < -0.3 is 10.2 Å². The maximum atomic E-state index is 13.8. The number of halogens is 1. The van der Waals surface area contributed by atoms with Gasteiger partial charge in [0.25, 0.3) is 0 Å². The van der Waals surface area contributed by atoms with Crippen molar-refractivity contribution in [3.8, 4) is 0 Å². The van der Waals surface area contributed by atoms with Crippen LogP contribution < -0.4 is 5.32 Å². The Hall–Kier alpha value is -3.12. The third-order valence-corrected chi connectivity index (χ3v) is 8.05. The first-order valence-electron chi connectivity index (χ1n) is 13.5. The largest absolute Gasteiger partial charge is 0.352 e. The molecule has 3 aromatic carbocycles. The quantitative estimate of drug-likeness (QED) is 0.309. The number of carbonyl (C=O) groups excluding carboxylic acids is 2. The van der Waals surface area contributed by atoms with Gasteiger partial charge in [-0.05, 0) is 48.6 Å². The van der Waals surface area contributed by atoms with Gasteiger partial charge in [0, 0.05) is 24.8 Å². The van der Waals surface area contributed by atoms with Crippen LogP contribution in [0.3, 0.4) is 0 Å². The summed E-state index contributed by atoms with van der Waals surface area (Å²) in [5.41, 5.74) is 4.16. The molecule has 0 saturated heterocycles. The Morgan fingerprint density at radius 3 is 2.34 bits per heavy atom. The molecule has 2 amide bonds. The number of hydrogen-bond donors (Lipinski definition) is 1. The first-order chi connectivity index (χ1) is 18.5. The summed E-state index contributed by atoms with van der Waals surface area (Å²) < 4.78 is 13.6. The summed E-state index contributed by atoms with van der Waals surface area (Å²) in [7, 11) is 0. The lowest BCUT2D eigenvalue weighted by molar-refractivity contribution is -0.139. The van der Waals surface area contributed by atoms with E-state index in [2.05, 4.69) is 30.4 Å². The number of rotatable bonds is 11. The van der Waals surface area contributed by atoms with E-state index >= 15 is 0 Å². The van der Waals surface area contributed by atoms with Crippen molar-refractivity contribution in [2.75, 3.05) is 5.75 Å². The summed E-state index contributed by atoms with van der Waals surface area (Å²) in [5, 5.41) is 3.26. The highest BCUT2D eigenvalue weighted by molar-refractivity contribution is 7.99. The van der Waals surface area contributed by atoms with Gasteiger partial charge in [-0.1, -0.05) is 91.6 Å². The van der Waals surface area contributed by atoms with Crippen molar-refractivity contribution in [1.82, 2.24) is 10.2 Å². The van der Waals surface area contributed by atoms with Crippen LogP contribution in [-0.2, 0) is 28.3 Å². The second-order valence-corrected chi connectivity index (χ2v) is 11.2. The Labute approximate surface area is 230 Å². The fraction of sp³-hybridized carbons (Fsp3) is 0.375. The van der Waals surface area contributed by atoms with Crippen LogP contribution in [0.4, 0.5) is 4.39 Å². The van der Waals surface area contributed by atoms with Gasteiger partial charge in [-0.3, -0.25) is 9.59 Å². The lowest BCUT2D eigenvalue weighted by Crippen LogP contribution is -2.53. The van der Waals surface area contributed by atoms with Crippen molar-refractivity contribution in [2.45, 2.75) is 69.8 Å². The van der Waals surface area contributed by atoms with Crippen molar-refractivity contribution < 1.29 is 14.0 Å². The lowest BCUT2D eigenvalue weighted by atomic mass is 9.94. The number of benzene rings is 3. The third kappa shape index (κ3) is 8.45. The van der Waals surface area contributed by atoms with E-state index in [0.717, 1.165) is 42.6 Å². The highest BCUT2D eigenvalue weighted by Crippen LogP contribution is 2.21. The zero-order valence-corrected chi connectivity index (χ0v) is 22.9. The molecule has 4 rings (SSSR count). The summed E-state index contributed by atoms with van der Waals surface area (Å²) in [4.78, 5) is 29.2. The molecule has 38 heavy (non-hydrogen) atoms. The van der Waals surface area contributed by atoms with Crippen LogP contribution in [-0.4, -0.2) is 34.6 Å². The molecular formula is C32H37FN2O2S. The van der Waals surface area contributed by atoms with Gasteiger partial charge in [0.05, 0.1) is 5.75 Å².